The lowest BCUT2D eigenvalue weighted by Crippen LogP contribution is -2.44. The van der Waals surface area contributed by atoms with Crippen molar-refractivity contribution < 1.29 is 14.4 Å². The van der Waals surface area contributed by atoms with E-state index in [1.54, 1.807) is 29.2 Å². The van der Waals surface area contributed by atoms with Gasteiger partial charge in [0.05, 0.1) is 11.4 Å². The van der Waals surface area contributed by atoms with Gasteiger partial charge in [-0.3, -0.25) is 14.4 Å². The van der Waals surface area contributed by atoms with Gasteiger partial charge in [0.1, 0.15) is 6.54 Å². The Labute approximate surface area is 136 Å². The van der Waals surface area contributed by atoms with Gasteiger partial charge in [0.2, 0.25) is 17.7 Å². The van der Waals surface area contributed by atoms with E-state index in [1.165, 1.54) is 18.7 Å². The van der Waals surface area contributed by atoms with Crippen molar-refractivity contribution in [2.45, 2.75) is 33.1 Å². The van der Waals surface area contributed by atoms with Gasteiger partial charge in [0, 0.05) is 26.9 Å². The number of benzene rings is 1. The summed E-state index contributed by atoms with van der Waals surface area (Å²) in [6.45, 7) is 4.32. The van der Waals surface area contributed by atoms with Crippen LogP contribution in [0, 0.1) is 0 Å². The predicted molar refractivity (Wildman–Crippen MR) is 89.2 cm³/mol. The number of likely N-dealkylation sites (tertiary alicyclic amines) is 1. The minimum Gasteiger partial charge on any atom is -0.341 e. The highest BCUT2D eigenvalue weighted by Crippen LogP contribution is 2.26. The van der Waals surface area contributed by atoms with Crippen molar-refractivity contribution in [3.8, 4) is 0 Å². The number of amides is 3. The lowest BCUT2D eigenvalue weighted by atomic mass is 10.1. The highest BCUT2D eigenvalue weighted by atomic mass is 16.2. The molecule has 0 spiro atoms. The van der Waals surface area contributed by atoms with Crippen molar-refractivity contribution in [2.75, 3.05) is 29.9 Å². The molecular weight excluding hydrogens is 294 g/mol. The number of anilines is 2. The Bertz CT molecular complexity index is 595. The second-order valence-corrected chi connectivity index (χ2v) is 5.74. The number of para-hydroxylation sites is 2. The molecule has 0 unspecified atom stereocenters. The second-order valence-electron chi connectivity index (χ2n) is 5.74. The molecule has 0 atom stereocenters. The van der Waals surface area contributed by atoms with Crippen LogP contribution in [0.4, 0.5) is 11.4 Å². The molecule has 6 nitrogen and oxygen atoms in total. The van der Waals surface area contributed by atoms with E-state index >= 15 is 0 Å². The van der Waals surface area contributed by atoms with Crippen molar-refractivity contribution in [3.63, 3.8) is 0 Å². The van der Waals surface area contributed by atoms with Gasteiger partial charge in [-0.1, -0.05) is 12.1 Å². The zero-order valence-electron chi connectivity index (χ0n) is 13.7. The van der Waals surface area contributed by atoms with Crippen LogP contribution in [0.2, 0.25) is 0 Å². The molecule has 0 aliphatic carbocycles. The third kappa shape index (κ3) is 4.55. The lowest BCUT2D eigenvalue weighted by molar-refractivity contribution is -0.132. The smallest absolute Gasteiger partial charge is 0.242 e. The summed E-state index contributed by atoms with van der Waals surface area (Å²) in [7, 11) is 0. The summed E-state index contributed by atoms with van der Waals surface area (Å²) in [5.74, 6) is -0.506. The fraction of sp³-hybridized carbons (Fsp3) is 0.471. The van der Waals surface area contributed by atoms with Crippen molar-refractivity contribution in [1.29, 1.82) is 0 Å². The van der Waals surface area contributed by atoms with Crippen LogP contribution in [0.15, 0.2) is 24.3 Å². The molecule has 0 saturated carbocycles. The van der Waals surface area contributed by atoms with Crippen LogP contribution in [0.25, 0.3) is 0 Å². The van der Waals surface area contributed by atoms with Gasteiger partial charge in [0.15, 0.2) is 0 Å². The van der Waals surface area contributed by atoms with E-state index in [-0.39, 0.29) is 24.3 Å². The van der Waals surface area contributed by atoms with E-state index in [0.717, 1.165) is 32.4 Å². The first-order chi connectivity index (χ1) is 11.0. The fourth-order valence-electron chi connectivity index (χ4n) is 2.75. The Hall–Kier alpha value is -2.37. The predicted octanol–water partition coefficient (Wildman–Crippen LogP) is 2.01. The first kappa shape index (κ1) is 17.0. The summed E-state index contributed by atoms with van der Waals surface area (Å²) >= 11 is 0. The van der Waals surface area contributed by atoms with Gasteiger partial charge in [-0.15, -0.1) is 0 Å². The molecule has 1 aliphatic rings. The zero-order chi connectivity index (χ0) is 16.8. The average molecular weight is 317 g/mol. The van der Waals surface area contributed by atoms with Gasteiger partial charge in [-0.25, -0.2) is 0 Å². The molecule has 1 N–H and O–H groups in total. The van der Waals surface area contributed by atoms with Crippen LogP contribution in [0.1, 0.15) is 33.1 Å². The van der Waals surface area contributed by atoms with Crippen molar-refractivity contribution >= 4 is 29.1 Å². The number of nitrogens with one attached hydrogen (secondary N) is 1. The average Bonchev–Trinajstić information content (AvgIpc) is 2.53. The summed E-state index contributed by atoms with van der Waals surface area (Å²) in [5.41, 5.74) is 1.07. The standard InChI is InChI=1S/C17H23N3O3/c1-13(21)18-15-8-4-5-9-16(15)20(14(2)22)12-17(23)19-10-6-3-7-11-19/h4-5,8-9H,3,6-7,10-12H2,1-2H3,(H,18,21). The minimum atomic E-state index is -0.229. The van der Waals surface area contributed by atoms with Crippen molar-refractivity contribution in [3.05, 3.63) is 24.3 Å². The Kier molecular flexibility index (Phi) is 5.73. The molecule has 1 aromatic rings. The molecule has 1 aromatic carbocycles. The maximum absolute atomic E-state index is 12.5. The van der Waals surface area contributed by atoms with E-state index in [1.807, 2.05) is 0 Å². The largest absolute Gasteiger partial charge is 0.341 e. The van der Waals surface area contributed by atoms with E-state index in [2.05, 4.69) is 5.32 Å². The molecule has 2 rings (SSSR count). The lowest BCUT2D eigenvalue weighted by Gasteiger charge is -2.30. The van der Waals surface area contributed by atoms with Gasteiger partial charge in [0.25, 0.3) is 0 Å². The van der Waals surface area contributed by atoms with Crippen LogP contribution >= 0.6 is 0 Å². The molecule has 6 heteroatoms. The number of hydrogen-bond acceptors (Lipinski definition) is 3. The summed E-state index contributed by atoms with van der Waals surface area (Å²) in [6.07, 6.45) is 3.16. The molecule has 0 bridgehead atoms. The Morgan fingerprint density at radius 2 is 1.74 bits per heavy atom. The maximum Gasteiger partial charge on any atom is 0.242 e. The SMILES string of the molecule is CC(=O)Nc1ccccc1N(CC(=O)N1CCCCC1)C(C)=O. The third-order valence-corrected chi connectivity index (χ3v) is 3.89. The van der Waals surface area contributed by atoms with Crippen LogP contribution < -0.4 is 10.2 Å². The van der Waals surface area contributed by atoms with Crippen molar-refractivity contribution in [1.82, 2.24) is 4.90 Å². The van der Waals surface area contributed by atoms with Gasteiger partial charge in [-0.2, -0.15) is 0 Å². The van der Waals surface area contributed by atoms with Gasteiger partial charge >= 0.3 is 0 Å². The van der Waals surface area contributed by atoms with E-state index in [4.69, 9.17) is 0 Å². The van der Waals surface area contributed by atoms with E-state index in [0.29, 0.717) is 11.4 Å². The molecule has 1 fully saturated rings. The molecule has 124 valence electrons. The van der Waals surface area contributed by atoms with E-state index < -0.39 is 0 Å². The second kappa shape index (κ2) is 7.76. The quantitative estimate of drug-likeness (QED) is 0.923. The van der Waals surface area contributed by atoms with Crippen molar-refractivity contribution in [2.24, 2.45) is 0 Å². The first-order valence-electron chi connectivity index (χ1n) is 7.91. The molecular formula is C17H23N3O3. The number of rotatable bonds is 4. The normalized spacial score (nSPS) is 14.3. The summed E-state index contributed by atoms with van der Waals surface area (Å²) in [5, 5.41) is 2.70. The van der Waals surface area contributed by atoms with Gasteiger partial charge in [-0.05, 0) is 31.4 Å². The molecule has 0 radical (unpaired) electrons. The summed E-state index contributed by atoms with van der Waals surface area (Å²) in [6, 6.07) is 7.01. The van der Waals surface area contributed by atoms with Crippen LogP contribution in [0.3, 0.4) is 0 Å². The van der Waals surface area contributed by atoms with Crippen LogP contribution in [0.5, 0.6) is 0 Å². The Morgan fingerprint density at radius 1 is 1.09 bits per heavy atom. The van der Waals surface area contributed by atoms with Gasteiger partial charge < -0.3 is 15.1 Å². The molecule has 1 heterocycles. The minimum absolute atomic E-state index is 0.00800. The highest BCUT2D eigenvalue weighted by Gasteiger charge is 2.23. The molecule has 0 aromatic heterocycles. The number of piperidine rings is 1. The van der Waals surface area contributed by atoms with Crippen LogP contribution in [-0.4, -0.2) is 42.3 Å². The third-order valence-electron chi connectivity index (χ3n) is 3.89. The number of nitrogens with zero attached hydrogens (tertiary/aromatic N) is 2. The Morgan fingerprint density at radius 3 is 2.35 bits per heavy atom. The van der Waals surface area contributed by atoms with E-state index in [9.17, 15) is 14.4 Å². The number of hydrogen-bond donors (Lipinski definition) is 1. The number of carbonyl (C=O) groups excluding carboxylic acids is 3. The maximum atomic E-state index is 12.5. The zero-order valence-corrected chi connectivity index (χ0v) is 13.7. The molecule has 23 heavy (non-hydrogen) atoms. The number of carbonyl (C=O) groups is 3. The molecule has 1 saturated heterocycles. The molecule has 3 amide bonds. The fourth-order valence-corrected chi connectivity index (χ4v) is 2.75. The summed E-state index contributed by atoms with van der Waals surface area (Å²) < 4.78 is 0. The molecule has 1 aliphatic heterocycles. The Balaban J connectivity index is 2.20. The first-order valence-corrected chi connectivity index (χ1v) is 7.91. The van der Waals surface area contributed by atoms with Crippen LogP contribution in [-0.2, 0) is 14.4 Å². The topological polar surface area (TPSA) is 69.7 Å². The summed E-state index contributed by atoms with van der Waals surface area (Å²) in [4.78, 5) is 39.1. The highest BCUT2D eigenvalue weighted by molar-refractivity contribution is 6.02. The monoisotopic (exact) mass is 317 g/mol.